The van der Waals surface area contributed by atoms with Crippen LogP contribution in [0.3, 0.4) is 0 Å². The third-order valence-electron chi connectivity index (χ3n) is 2.56. The number of rotatable bonds is 5. The summed E-state index contributed by atoms with van der Waals surface area (Å²) in [5, 5.41) is 2.75. The van der Waals surface area contributed by atoms with Crippen LogP contribution in [0.15, 0.2) is 41.5 Å². The molecule has 0 aliphatic carbocycles. The first-order chi connectivity index (χ1) is 9.24. The highest BCUT2D eigenvalue weighted by atomic mass is 16.5. The van der Waals surface area contributed by atoms with Crippen molar-refractivity contribution < 1.29 is 13.9 Å². The molecule has 0 aliphatic heterocycles. The standard InChI is InChI=1S/C14H14N2O3/c1-3-13-16-11(9-19-13)14(17)15-8-10-6-4-5-7-12(10)18-2/h3-7,9H,1,8H2,2H3,(H,15,17). The predicted molar refractivity (Wildman–Crippen MR) is 70.8 cm³/mol. The van der Waals surface area contributed by atoms with Gasteiger partial charge in [-0.25, -0.2) is 4.98 Å². The molecular formula is C14H14N2O3. The number of nitrogens with zero attached hydrogens (tertiary/aromatic N) is 1. The summed E-state index contributed by atoms with van der Waals surface area (Å²) < 4.78 is 10.2. The van der Waals surface area contributed by atoms with Crippen molar-refractivity contribution >= 4 is 12.0 Å². The van der Waals surface area contributed by atoms with E-state index in [0.29, 0.717) is 12.4 Å². The van der Waals surface area contributed by atoms with Gasteiger partial charge in [0.15, 0.2) is 5.69 Å². The smallest absolute Gasteiger partial charge is 0.273 e. The van der Waals surface area contributed by atoms with Gasteiger partial charge in [-0.1, -0.05) is 24.8 Å². The number of benzene rings is 1. The molecule has 1 heterocycles. The van der Waals surface area contributed by atoms with Crippen molar-refractivity contribution in [2.75, 3.05) is 7.11 Å². The van der Waals surface area contributed by atoms with E-state index in [-0.39, 0.29) is 11.6 Å². The van der Waals surface area contributed by atoms with Crippen LogP contribution >= 0.6 is 0 Å². The van der Waals surface area contributed by atoms with Crippen molar-refractivity contribution in [3.63, 3.8) is 0 Å². The molecule has 98 valence electrons. The van der Waals surface area contributed by atoms with Crippen LogP contribution in [0.4, 0.5) is 0 Å². The van der Waals surface area contributed by atoms with Gasteiger partial charge >= 0.3 is 0 Å². The molecule has 0 unspecified atom stereocenters. The number of hydrogen-bond donors (Lipinski definition) is 1. The molecule has 1 amide bonds. The lowest BCUT2D eigenvalue weighted by Gasteiger charge is -2.08. The Bertz CT molecular complexity index is 590. The minimum atomic E-state index is -0.303. The Morgan fingerprint density at radius 2 is 2.32 bits per heavy atom. The topological polar surface area (TPSA) is 64.4 Å². The number of nitrogens with one attached hydrogen (secondary N) is 1. The Morgan fingerprint density at radius 3 is 3.00 bits per heavy atom. The number of carbonyl (C=O) groups excluding carboxylic acids is 1. The number of oxazole rings is 1. The second-order valence-corrected chi connectivity index (χ2v) is 3.77. The van der Waals surface area contributed by atoms with Gasteiger partial charge in [0, 0.05) is 12.1 Å². The van der Waals surface area contributed by atoms with Crippen LogP contribution in [0.5, 0.6) is 5.75 Å². The highest BCUT2D eigenvalue weighted by Gasteiger charge is 2.11. The maximum Gasteiger partial charge on any atom is 0.273 e. The van der Waals surface area contributed by atoms with Gasteiger partial charge in [-0.2, -0.15) is 0 Å². The summed E-state index contributed by atoms with van der Waals surface area (Å²) in [6.07, 6.45) is 2.74. The molecule has 1 N–H and O–H groups in total. The van der Waals surface area contributed by atoms with E-state index in [4.69, 9.17) is 9.15 Å². The number of methoxy groups -OCH3 is 1. The van der Waals surface area contributed by atoms with Crippen molar-refractivity contribution in [3.8, 4) is 5.75 Å². The lowest BCUT2D eigenvalue weighted by atomic mass is 10.2. The summed E-state index contributed by atoms with van der Waals surface area (Å²) in [7, 11) is 1.59. The third kappa shape index (κ3) is 3.01. The zero-order chi connectivity index (χ0) is 13.7. The molecule has 0 bridgehead atoms. The molecule has 1 aromatic carbocycles. The predicted octanol–water partition coefficient (Wildman–Crippen LogP) is 2.26. The van der Waals surface area contributed by atoms with Crippen LogP contribution < -0.4 is 10.1 Å². The number of amides is 1. The summed E-state index contributed by atoms with van der Waals surface area (Å²) in [6.45, 7) is 3.88. The number of hydrogen-bond acceptors (Lipinski definition) is 4. The first-order valence-corrected chi connectivity index (χ1v) is 5.72. The van der Waals surface area contributed by atoms with Gasteiger partial charge < -0.3 is 14.5 Å². The lowest BCUT2D eigenvalue weighted by Crippen LogP contribution is -2.23. The number of aromatic nitrogens is 1. The summed E-state index contributed by atoms with van der Waals surface area (Å²) in [6, 6.07) is 7.48. The zero-order valence-electron chi connectivity index (χ0n) is 10.6. The molecule has 2 aromatic rings. The quantitative estimate of drug-likeness (QED) is 0.893. The first kappa shape index (κ1) is 12.9. The molecule has 2 rings (SSSR count). The number of carbonyl (C=O) groups is 1. The van der Waals surface area contributed by atoms with E-state index < -0.39 is 0 Å². The van der Waals surface area contributed by atoms with Gasteiger partial charge in [-0.05, 0) is 12.1 Å². The van der Waals surface area contributed by atoms with Crippen molar-refractivity contribution in [2.45, 2.75) is 6.54 Å². The van der Waals surface area contributed by atoms with Crippen LogP contribution in [0.1, 0.15) is 21.9 Å². The van der Waals surface area contributed by atoms with Gasteiger partial charge in [0.25, 0.3) is 5.91 Å². The molecule has 0 spiro atoms. The fraction of sp³-hybridized carbons (Fsp3) is 0.143. The van der Waals surface area contributed by atoms with Gasteiger partial charge in [0.1, 0.15) is 12.0 Å². The minimum absolute atomic E-state index is 0.227. The monoisotopic (exact) mass is 258 g/mol. The fourth-order valence-corrected chi connectivity index (χ4v) is 1.60. The molecule has 5 heteroatoms. The fourth-order valence-electron chi connectivity index (χ4n) is 1.60. The molecule has 0 atom stereocenters. The van der Waals surface area contributed by atoms with Gasteiger partial charge in [0.2, 0.25) is 5.89 Å². The minimum Gasteiger partial charge on any atom is -0.496 e. The van der Waals surface area contributed by atoms with Gasteiger partial charge in [0.05, 0.1) is 7.11 Å². The highest BCUT2D eigenvalue weighted by Crippen LogP contribution is 2.16. The molecule has 1 aromatic heterocycles. The zero-order valence-corrected chi connectivity index (χ0v) is 10.6. The Hall–Kier alpha value is -2.56. The SMILES string of the molecule is C=Cc1nc(C(=O)NCc2ccccc2OC)co1. The Balaban J connectivity index is 2.02. The van der Waals surface area contributed by atoms with E-state index in [9.17, 15) is 4.79 Å². The third-order valence-corrected chi connectivity index (χ3v) is 2.56. The maximum atomic E-state index is 11.8. The number of ether oxygens (including phenoxy) is 1. The average molecular weight is 258 g/mol. The molecule has 19 heavy (non-hydrogen) atoms. The largest absolute Gasteiger partial charge is 0.496 e. The summed E-state index contributed by atoms with van der Waals surface area (Å²) in [5.41, 5.74) is 1.12. The Labute approximate surface area is 110 Å². The second-order valence-electron chi connectivity index (χ2n) is 3.77. The van der Waals surface area contributed by atoms with Crippen molar-refractivity contribution in [1.82, 2.24) is 10.3 Å². The van der Waals surface area contributed by atoms with Crippen molar-refractivity contribution in [3.05, 3.63) is 54.3 Å². The molecule has 0 saturated carbocycles. The van der Waals surface area contributed by atoms with Crippen LogP contribution in [0.2, 0.25) is 0 Å². The van der Waals surface area contributed by atoms with Crippen molar-refractivity contribution in [1.29, 1.82) is 0 Å². The van der Waals surface area contributed by atoms with Gasteiger partial charge in [-0.3, -0.25) is 4.79 Å². The van der Waals surface area contributed by atoms with Crippen LogP contribution in [0, 0.1) is 0 Å². The molecular weight excluding hydrogens is 244 g/mol. The van der Waals surface area contributed by atoms with Crippen LogP contribution in [0.25, 0.3) is 6.08 Å². The molecule has 0 fully saturated rings. The van der Waals surface area contributed by atoms with E-state index >= 15 is 0 Å². The summed E-state index contributed by atoms with van der Waals surface area (Å²) >= 11 is 0. The van der Waals surface area contributed by atoms with E-state index in [0.717, 1.165) is 11.3 Å². The Kier molecular flexibility index (Phi) is 3.97. The molecule has 0 saturated heterocycles. The number of para-hydroxylation sites is 1. The van der Waals surface area contributed by atoms with E-state index in [2.05, 4.69) is 16.9 Å². The van der Waals surface area contributed by atoms with E-state index in [1.165, 1.54) is 12.3 Å². The second kappa shape index (κ2) is 5.86. The normalized spacial score (nSPS) is 9.95. The first-order valence-electron chi connectivity index (χ1n) is 5.72. The Morgan fingerprint density at radius 1 is 1.53 bits per heavy atom. The van der Waals surface area contributed by atoms with E-state index in [1.807, 2.05) is 24.3 Å². The molecule has 0 aliphatic rings. The van der Waals surface area contributed by atoms with E-state index in [1.54, 1.807) is 7.11 Å². The highest BCUT2D eigenvalue weighted by molar-refractivity contribution is 5.92. The summed E-state index contributed by atoms with van der Waals surface area (Å²) in [5.74, 6) is 0.750. The summed E-state index contributed by atoms with van der Waals surface area (Å²) in [4.78, 5) is 15.8. The maximum absolute atomic E-state index is 11.8. The van der Waals surface area contributed by atoms with Crippen molar-refractivity contribution in [2.24, 2.45) is 0 Å². The van der Waals surface area contributed by atoms with Gasteiger partial charge in [-0.15, -0.1) is 0 Å². The lowest BCUT2D eigenvalue weighted by molar-refractivity contribution is 0.0945. The van der Waals surface area contributed by atoms with Crippen LogP contribution in [-0.4, -0.2) is 18.0 Å². The average Bonchev–Trinajstić information content (AvgIpc) is 2.94. The molecule has 5 nitrogen and oxygen atoms in total. The molecule has 0 radical (unpaired) electrons. The van der Waals surface area contributed by atoms with Crippen LogP contribution in [-0.2, 0) is 6.54 Å².